The van der Waals surface area contributed by atoms with E-state index >= 15 is 0 Å². The Bertz CT molecular complexity index is 1280. The molecule has 2 saturated heterocycles. The summed E-state index contributed by atoms with van der Waals surface area (Å²) in [6.45, 7) is 10.9. The average Bonchev–Trinajstić information content (AvgIpc) is 3.48. The molecule has 2 aliphatic heterocycles. The third-order valence-electron chi connectivity index (χ3n) is 8.21. The van der Waals surface area contributed by atoms with Crippen molar-refractivity contribution in [1.29, 1.82) is 0 Å². The number of likely N-dealkylation sites (tertiary alicyclic amines) is 1. The molecule has 5 rings (SSSR count). The van der Waals surface area contributed by atoms with Crippen LogP contribution in [-0.4, -0.2) is 77.4 Å². The van der Waals surface area contributed by atoms with Gasteiger partial charge in [-0.15, -0.1) is 11.3 Å². The van der Waals surface area contributed by atoms with E-state index < -0.39 is 0 Å². The van der Waals surface area contributed by atoms with Crippen molar-refractivity contribution in [1.82, 2.24) is 19.7 Å². The maximum atomic E-state index is 13.2. The molecule has 7 nitrogen and oxygen atoms in total. The minimum atomic E-state index is 0.0161. The zero-order chi connectivity index (χ0) is 27.4. The highest BCUT2D eigenvalue weighted by Gasteiger charge is 2.29. The van der Waals surface area contributed by atoms with Gasteiger partial charge in [-0.1, -0.05) is 36.4 Å². The third kappa shape index (κ3) is 6.50. The summed E-state index contributed by atoms with van der Waals surface area (Å²) in [6, 6.07) is 16.8. The zero-order valence-corrected chi connectivity index (χ0v) is 24.0. The second kappa shape index (κ2) is 12.3. The molecular formula is C31H38N4O3S. The van der Waals surface area contributed by atoms with E-state index in [2.05, 4.69) is 43.0 Å². The molecule has 1 unspecified atom stereocenters. The highest BCUT2D eigenvalue weighted by atomic mass is 32.1. The van der Waals surface area contributed by atoms with Gasteiger partial charge in [0.25, 0.3) is 11.8 Å². The lowest BCUT2D eigenvalue weighted by atomic mass is 9.97. The number of benzene rings is 2. The van der Waals surface area contributed by atoms with E-state index in [-0.39, 0.29) is 24.3 Å². The highest BCUT2D eigenvalue weighted by Crippen LogP contribution is 2.31. The predicted molar refractivity (Wildman–Crippen MR) is 154 cm³/mol. The number of hydrogen-bond acceptors (Lipinski definition) is 6. The lowest BCUT2D eigenvalue weighted by Crippen LogP contribution is -2.49. The van der Waals surface area contributed by atoms with Gasteiger partial charge in [0.15, 0.2) is 6.61 Å². The van der Waals surface area contributed by atoms with Gasteiger partial charge in [-0.05, 0) is 62.4 Å². The number of nitrogens with zero attached hydrogens (tertiary/aromatic N) is 4. The van der Waals surface area contributed by atoms with Crippen LogP contribution in [0.25, 0.3) is 0 Å². The number of piperazine rings is 1. The molecule has 0 saturated carbocycles. The molecule has 0 radical (unpaired) electrons. The van der Waals surface area contributed by atoms with Crippen molar-refractivity contribution in [2.75, 3.05) is 45.9 Å². The smallest absolute Gasteiger partial charge is 0.273 e. The number of ether oxygens (including phenoxy) is 1. The second-order valence-electron chi connectivity index (χ2n) is 10.7. The summed E-state index contributed by atoms with van der Waals surface area (Å²) < 4.78 is 5.75. The van der Waals surface area contributed by atoms with Crippen LogP contribution in [0.4, 0.5) is 0 Å². The van der Waals surface area contributed by atoms with Crippen LogP contribution in [0.5, 0.6) is 5.75 Å². The van der Waals surface area contributed by atoms with E-state index in [0.717, 1.165) is 42.3 Å². The number of aryl methyl sites for hydroxylation is 2. The first-order valence-electron chi connectivity index (χ1n) is 13.9. The van der Waals surface area contributed by atoms with Crippen molar-refractivity contribution in [3.63, 3.8) is 0 Å². The van der Waals surface area contributed by atoms with E-state index in [1.165, 1.54) is 11.1 Å². The van der Waals surface area contributed by atoms with Crippen molar-refractivity contribution in [3.8, 4) is 5.75 Å². The molecule has 3 heterocycles. The summed E-state index contributed by atoms with van der Waals surface area (Å²) in [6.07, 6.45) is 1.71. The van der Waals surface area contributed by atoms with Gasteiger partial charge < -0.3 is 14.5 Å². The van der Waals surface area contributed by atoms with Gasteiger partial charge in [0.05, 0.1) is 5.01 Å². The lowest BCUT2D eigenvalue weighted by molar-refractivity contribution is -0.134. The summed E-state index contributed by atoms with van der Waals surface area (Å²) in [7, 11) is 0. The maximum Gasteiger partial charge on any atom is 0.273 e. The van der Waals surface area contributed by atoms with Crippen LogP contribution in [0.2, 0.25) is 0 Å². The first-order chi connectivity index (χ1) is 18.9. The molecule has 0 spiro atoms. The molecule has 2 amide bonds. The molecule has 1 atom stereocenters. The Labute approximate surface area is 235 Å². The van der Waals surface area contributed by atoms with Crippen LogP contribution < -0.4 is 4.74 Å². The first kappa shape index (κ1) is 27.3. The molecule has 1 aromatic heterocycles. The van der Waals surface area contributed by atoms with Gasteiger partial charge in [-0.2, -0.15) is 0 Å². The van der Waals surface area contributed by atoms with Gasteiger partial charge in [-0.3, -0.25) is 14.5 Å². The molecule has 0 N–H and O–H groups in total. The number of rotatable bonds is 7. The summed E-state index contributed by atoms with van der Waals surface area (Å²) in [5, 5.41) is 2.92. The molecule has 3 aromatic rings. The molecule has 2 fully saturated rings. The minimum Gasteiger partial charge on any atom is -0.484 e. The topological polar surface area (TPSA) is 66.0 Å². The van der Waals surface area contributed by atoms with Crippen molar-refractivity contribution >= 4 is 23.2 Å². The number of hydrogen-bond donors (Lipinski definition) is 0. The lowest BCUT2D eigenvalue weighted by Gasteiger charge is -2.38. The standard InChI is InChI=1S/C31H38N4O3S/c1-22-9-10-27(19-23(22)2)38-20-29(36)34-13-11-26(12-14-34)30-32-28(21-39-30)31(37)35-17-15-33(16-18-35)24(3)25-7-5-4-6-8-25/h4-10,19,21,24,26H,11-18,20H2,1-3H3. The first-order valence-corrected chi connectivity index (χ1v) is 14.8. The number of carbonyl (C=O) groups is 2. The fourth-order valence-electron chi connectivity index (χ4n) is 5.41. The Kier molecular flexibility index (Phi) is 8.63. The summed E-state index contributed by atoms with van der Waals surface area (Å²) in [5.41, 5.74) is 4.23. The van der Waals surface area contributed by atoms with Crippen molar-refractivity contribution < 1.29 is 14.3 Å². The Balaban J connectivity index is 1.08. The van der Waals surface area contributed by atoms with Crippen LogP contribution in [0.3, 0.4) is 0 Å². The Morgan fingerprint density at radius 1 is 0.949 bits per heavy atom. The SMILES string of the molecule is Cc1ccc(OCC(=O)N2CCC(c3nc(C(=O)N4CCN(C(C)c5ccccc5)CC4)cs3)CC2)cc1C. The molecule has 206 valence electrons. The molecule has 0 bridgehead atoms. The minimum absolute atomic E-state index is 0.0161. The monoisotopic (exact) mass is 546 g/mol. The number of amides is 2. The number of piperidine rings is 1. The molecule has 39 heavy (non-hydrogen) atoms. The van der Waals surface area contributed by atoms with Crippen LogP contribution in [0.15, 0.2) is 53.9 Å². The van der Waals surface area contributed by atoms with Gasteiger partial charge in [0.1, 0.15) is 11.4 Å². The fraction of sp³-hybridized carbons (Fsp3) is 0.452. The van der Waals surface area contributed by atoms with Crippen LogP contribution in [0, 0.1) is 13.8 Å². The molecule has 2 aromatic carbocycles. The quantitative estimate of drug-likeness (QED) is 0.414. The predicted octanol–water partition coefficient (Wildman–Crippen LogP) is 5.06. The van der Waals surface area contributed by atoms with Gasteiger partial charge in [0.2, 0.25) is 0 Å². The van der Waals surface area contributed by atoms with Crippen molar-refractivity contribution in [2.45, 2.75) is 45.6 Å². The number of aromatic nitrogens is 1. The molecule has 8 heteroatoms. The summed E-state index contributed by atoms with van der Waals surface area (Å²) >= 11 is 1.57. The summed E-state index contributed by atoms with van der Waals surface area (Å²) in [5.74, 6) is 1.06. The van der Waals surface area contributed by atoms with E-state index in [0.29, 0.717) is 37.9 Å². The van der Waals surface area contributed by atoms with E-state index in [4.69, 9.17) is 9.72 Å². The van der Waals surface area contributed by atoms with Crippen LogP contribution >= 0.6 is 11.3 Å². The van der Waals surface area contributed by atoms with Crippen LogP contribution in [0.1, 0.15) is 63.9 Å². The van der Waals surface area contributed by atoms with Gasteiger partial charge in [-0.25, -0.2) is 4.98 Å². The molecule has 2 aliphatic rings. The summed E-state index contributed by atoms with van der Waals surface area (Å²) in [4.78, 5) is 36.9. The van der Waals surface area contributed by atoms with E-state index in [1.807, 2.05) is 46.4 Å². The average molecular weight is 547 g/mol. The Morgan fingerprint density at radius 3 is 2.36 bits per heavy atom. The Morgan fingerprint density at radius 2 is 1.67 bits per heavy atom. The maximum absolute atomic E-state index is 13.2. The number of carbonyl (C=O) groups excluding carboxylic acids is 2. The zero-order valence-electron chi connectivity index (χ0n) is 23.1. The largest absolute Gasteiger partial charge is 0.484 e. The molecule has 0 aliphatic carbocycles. The van der Waals surface area contributed by atoms with E-state index in [9.17, 15) is 9.59 Å². The van der Waals surface area contributed by atoms with Crippen LogP contribution in [-0.2, 0) is 4.79 Å². The third-order valence-corrected chi connectivity index (χ3v) is 9.22. The van der Waals surface area contributed by atoms with Gasteiger partial charge in [0, 0.05) is 56.6 Å². The second-order valence-corrected chi connectivity index (χ2v) is 11.6. The highest BCUT2D eigenvalue weighted by molar-refractivity contribution is 7.09. The van der Waals surface area contributed by atoms with Crippen molar-refractivity contribution in [3.05, 3.63) is 81.3 Å². The van der Waals surface area contributed by atoms with Crippen molar-refractivity contribution in [2.24, 2.45) is 0 Å². The van der Waals surface area contributed by atoms with E-state index in [1.54, 1.807) is 11.3 Å². The van der Waals surface area contributed by atoms with Gasteiger partial charge >= 0.3 is 0 Å². The fourth-order valence-corrected chi connectivity index (χ4v) is 6.37. The normalized spacial score (nSPS) is 17.7. The Hall–Kier alpha value is -3.23. The molecular weight excluding hydrogens is 508 g/mol. The number of thiazole rings is 1.